The van der Waals surface area contributed by atoms with E-state index in [2.05, 4.69) is 9.97 Å². The molecular weight excluding hydrogens is 378 g/mol. The van der Waals surface area contributed by atoms with Gasteiger partial charge in [0.2, 0.25) is 0 Å². The van der Waals surface area contributed by atoms with Crippen LogP contribution in [0.15, 0.2) is 77.9 Å². The van der Waals surface area contributed by atoms with Crippen LogP contribution in [0, 0.1) is 6.92 Å². The Labute approximate surface area is 173 Å². The van der Waals surface area contributed by atoms with Crippen molar-refractivity contribution in [1.29, 1.82) is 0 Å². The molecule has 4 rings (SSSR count). The van der Waals surface area contributed by atoms with Gasteiger partial charge in [-0.2, -0.15) is 0 Å². The van der Waals surface area contributed by atoms with E-state index in [-0.39, 0.29) is 18.0 Å². The number of hydrogen-bond donors (Lipinski definition) is 1. The van der Waals surface area contributed by atoms with Crippen molar-refractivity contribution in [2.45, 2.75) is 13.5 Å². The lowest BCUT2D eigenvalue weighted by atomic mass is 10.1. The summed E-state index contributed by atoms with van der Waals surface area (Å²) in [6, 6.07) is 18.2. The van der Waals surface area contributed by atoms with Crippen LogP contribution in [0.2, 0.25) is 0 Å². The Morgan fingerprint density at radius 1 is 1.03 bits per heavy atom. The van der Waals surface area contributed by atoms with Gasteiger partial charge in [-0.05, 0) is 66.9 Å². The van der Waals surface area contributed by atoms with Crippen molar-refractivity contribution in [1.82, 2.24) is 9.97 Å². The Hall–Kier alpha value is -3.93. The van der Waals surface area contributed by atoms with Crippen molar-refractivity contribution in [3.8, 4) is 5.75 Å². The van der Waals surface area contributed by atoms with Gasteiger partial charge in [0.25, 0.3) is 11.5 Å². The molecule has 4 aromatic rings. The number of aromatic nitrogens is 2. The molecule has 0 spiro atoms. The summed E-state index contributed by atoms with van der Waals surface area (Å²) in [5, 5.41) is 0.927. The van der Waals surface area contributed by atoms with Crippen molar-refractivity contribution >= 4 is 22.5 Å². The highest BCUT2D eigenvalue weighted by Crippen LogP contribution is 2.23. The van der Waals surface area contributed by atoms with E-state index < -0.39 is 0 Å². The largest absolute Gasteiger partial charge is 0.497 e. The Balaban J connectivity index is 1.77. The third kappa shape index (κ3) is 3.93. The summed E-state index contributed by atoms with van der Waals surface area (Å²) in [5.74, 6) is 0.473. The number of methoxy groups -OCH3 is 1. The molecule has 0 atom stereocenters. The van der Waals surface area contributed by atoms with E-state index in [1.54, 1.807) is 60.8 Å². The quantitative estimate of drug-likeness (QED) is 0.549. The van der Waals surface area contributed by atoms with Gasteiger partial charge in [0, 0.05) is 34.7 Å². The fourth-order valence-corrected chi connectivity index (χ4v) is 3.35. The SMILES string of the molecule is COc1ccc(N(Cc2cc3cc(C)ccc3[nH]c2=O)C(=O)c2ccncc2)cc1. The predicted molar refractivity (Wildman–Crippen MR) is 117 cm³/mol. The van der Waals surface area contributed by atoms with Gasteiger partial charge in [-0.3, -0.25) is 14.6 Å². The summed E-state index contributed by atoms with van der Waals surface area (Å²) < 4.78 is 5.22. The van der Waals surface area contributed by atoms with Crippen LogP contribution in [0.4, 0.5) is 5.69 Å². The molecule has 0 bridgehead atoms. The number of hydrogen-bond acceptors (Lipinski definition) is 4. The standard InChI is InChI=1S/C24H21N3O3/c1-16-3-8-22-18(13-16)14-19(23(28)26-22)15-27(20-4-6-21(30-2)7-5-20)24(29)17-9-11-25-12-10-17/h3-14H,15H2,1-2H3,(H,26,28). The molecule has 0 aliphatic rings. The molecule has 0 radical (unpaired) electrons. The first-order chi connectivity index (χ1) is 14.5. The number of anilines is 1. The number of amides is 1. The van der Waals surface area contributed by atoms with Gasteiger partial charge in [-0.15, -0.1) is 0 Å². The van der Waals surface area contributed by atoms with E-state index in [0.717, 1.165) is 16.5 Å². The van der Waals surface area contributed by atoms with Gasteiger partial charge in [0.1, 0.15) is 5.75 Å². The van der Waals surface area contributed by atoms with Crippen molar-refractivity contribution in [3.05, 3.63) is 100 Å². The van der Waals surface area contributed by atoms with Crippen LogP contribution in [0.1, 0.15) is 21.5 Å². The molecule has 0 fully saturated rings. The van der Waals surface area contributed by atoms with Crippen LogP contribution in [0.5, 0.6) is 5.75 Å². The number of ether oxygens (including phenoxy) is 1. The summed E-state index contributed by atoms with van der Waals surface area (Å²) in [6.45, 7) is 2.13. The van der Waals surface area contributed by atoms with Crippen LogP contribution in [0.3, 0.4) is 0 Å². The number of H-pyrrole nitrogens is 1. The molecule has 0 aliphatic carbocycles. The highest BCUT2D eigenvalue weighted by molar-refractivity contribution is 6.06. The van der Waals surface area contributed by atoms with Gasteiger partial charge in [-0.25, -0.2) is 0 Å². The lowest BCUT2D eigenvalue weighted by molar-refractivity contribution is 0.0985. The van der Waals surface area contributed by atoms with Crippen LogP contribution in [0.25, 0.3) is 10.9 Å². The summed E-state index contributed by atoms with van der Waals surface area (Å²) in [7, 11) is 1.59. The number of carbonyl (C=O) groups is 1. The first-order valence-electron chi connectivity index (χ1n) is 9.53. The van der Waals surface area contributed by atoms with E-state index >= 15 is 0 Å². The van der Waals surface area contributed by atoms with E-state index in [1.165, 1.54) is 0 Å². The average Bonchev–Trinajstić information content (AvgIpc) is 2.78. The van der Waals surface area contributed by atoms with E-state index in [1.807, 2.05) is 31.2 Å². The molecule has 0 unspecified atom stereocenters. The van der Waals surface area contributed by atoms with Crippen LogP contribution in [-0.4, -0.2) is 23.0 Å². The Bertz CT molecular complexity index is 1250. The summed E-state index contributed by atoms with van der Waals surface area (Å²) in [6.07, 6.45) is 3.15. The fourth-order valence-electron chi connectivity index (χ4n) is 3.35. The first kappa shape index (κ1) is 19.4. The molecular formula is C24H21N3O3. The number of fused-ring (bicyclic) bond motifs is 1. The van der Waals surface area contributed by atoms with Crippen LogP contribution in [-0.2, 0) is 6.54 Å². The zero-order chi connectivity index (χ0) is 21.1. The first-order valence-corrected chi connectivity index (χ1v) is 9.53. The normalized spacial score (nSPS) is 10.7. The lowest BCUT2D eigenvalue weighted by Gasteiger charge is -2.23. The fraction of sp³-hybridized carbons (Fsp3) is 0.125. The molecule has 1 N–H and O–H groups in total. The van der Waals surface area contributed by atoms with Gasteiger partial charge >= 0.3 is 0 Å². The lowest BCUT2D eigenvalue weighted by Crippen LogP contribution is -2.32. The third-order valence-corrected chi connectivity index (χ3v) is 4.96. The predicted octanol–water partition coefficient (Wildman–Crippen LogP) is 4.09. The minimum Gasteiger partial charge on any atom is -0.497 e. The van der Waals surface area contributed by atoms with Crippen molar-refractivity contribution in [3.63, 3.8) is 0 Å². The zero-order valence-corrected chi connectivity index (χ0v) is 16.8. The van der Waals surface area contributed by atoms with Gasteiger partial charge < -0.3 is 14.6 Å². The minimum absolute atomic E-state index is 0.132. The summed E-state index contributed by atoms with van der Waals surface area (Å²) in [4.78, 5) is 34.5. The second-order valence-electron chi connectivity index (χ2n) is 7.04. The molecule has 6 nitrogen and oxygen atoms in total. The topological polar surface area (TPSA) is 75.3 Å². The molecule has 30 heavy (non-hydrogen) atoms. The highest BCUT2D eigenvalue weighted by Gasteiger charge is 2.20. The number of rotatable bonds is 5. The van der Waals surface area contributed by atoms with Crippen LogP contribution >= 0.6 is 0 Å². The van der Waals surface area contributed by atoms with Gasteiger partial charge in [0.05, 0.1) is 13.7 Å². The monoisotopic (exact) mass is 399 g/mol. The number of nitrogens with zero attached hydrogens (tertiary/aromatic N) is 2. The number of benzene rings is 2. The molecule has 0 saturated carbocycles. The molecule has 0 saturated heterocycles. The average molecular weight is 399 g/mol. The smallest absolute Gasteiger partial charge is 0.258 e. The zero-order valence-electron chi connectivity index (χ0n) is 16.8. The Morgan fingerprint density at radius 3 is 2.47 bits per heavy atom. The van der Waals surface area contributed by atoms with E-state index in [9.17, 15) is 9.59 Å². The molecule has 2 aromatic carbocycles. The van der Waals surface area contributed by atoms with Gasteiger partial charge in [-0.1, -0.05) is 11.6 Å². The second-order valence-corrected chi connectivity index (χ2v) is 7.04. The number of aromatic amines is 1. The highest BCUT2D eigenvalue weighted by atomic mass is 16.5. The second kappa shape index (κ2) is 8.21. The molecule has 6 heteroatoms. The molecule has 2 aromatic heterocycles. The van der Waals surface area contributed by atoms with Crippen LogP contribution < -0.4 is 15.2 Å². The van der Waals surface area contributed by atoms with Crippen molar-refractivity contribution in [2.24, 2.45) is 0 Å². The maximum atomic E-state index is 13.3. The maximum Gasteiger partial charge on any atom is 0.258 e. The minimum atomic E-state index is -0.216. The number of nitrogens with one attached hydrogen (secondary N) is 1. The number of aryl methyl sites for hydroxylation is 1. The Kier molecular flexibility index (Phi) is 5.30. The van der Waals surface area contributed by atoms with E-state index in [4.69, 9.17) is 4.74 Å². The summed E-state index contributed by atoms with van der Waals surface area (Å²) in [5.41, 5.74) is 3.32. The number of carbonyl (C=O) groups excluding carboxylic acids is 1. The van der Waals surface area contributed by atoms with Crippen molar-refractivity contribution in [2.75, 3.05) is 12.0 Å². The molecule has 1 amide bonds. The van der Waals surface area contributed by atoms with E-state index in [0.29, 0.717) is 22.6 Å². The van der Waals surface area contributed by atoms with Gasteiger partial charge in [0.15, 0.2) is 0 Å². The Morgan fingerprint density at radius 2 is 1.77 bits per heavy atom. The van der Waals surface area contributed by atoms with Crippen molar-refractivity contribution < 1.29 is 9.53 Å². The molecule has 0 aliphatic heterocycles. The summed E-state index contributed by atoms with van der Waals surface area (Å²) >= 11 is 0. The third-order valence-electron chi connectivity index (χ3n) is 4.96. The number of pyridine rings is 2. The molecule has 2 heterocycles. The molecule has 150 valence electrons. The maximum absolute atomic E-state index is 13.3.